The Balaban J connectivity index is 1.56. The topological polar surface area (TPSA) is 90.6 Å². The zero-order chi connectivity index (χ0) is 27.1. The van der Waals surface area contributed by atoms with Crippen molar-refractivity contribution >= 4 is 53.7 Å². The summed E-state index contributed by atoms with van der Waals surface area (Å²) in [6.07, 6.45) is 4.67. The van der Waals surface area contributed by atoms with Crippen LogP contribution in [-0.2, 0) is 23.3 Å². The fraction of sp³-hybridized carbons (Fsp3) is 0.731. The zero-order valence-electron chi connectivity index (χ0n) is 23.3. The van der Waals surface area contributed by atoms with Crippen LogP contribution in [0.1, 0.15) is 40.0 Å². The summed E-state index contributed by atoms with van der Waals surface area (Å²) in [4.78, 5) is 33.3. The number of nitrogens with zero attached hydrogens (tertiary/aromatic N) is 4. The first-order chi connectivity index (χ1) is 17.2. The Morgan fingerprint density at radius 3 is 2.65 bits per heavy atom. The first-order valence-corrected chi connectivity index (χ1v) is 18.1. The molecule has 3 aliphatic rings. The predicted octanol–water partition coefficient (Wildman–Crippen LogP) is 4.78. The van der Waals surface area contributed by atoms with Gasteiger partial charge >= 0.3 is 6.09 Å². The molecule has 2 aliphatic heterocycles. The number of halogens is 1. The molecule has 11 heteroatoms. The van der Waals surface area contributed by atoms with Crippen molar-refractivity contribution in [2.75, 3.05) is 24.6 Å². The maximum atomic E-state index is 13.5. The van der Waals surface area contributed by atoms with Crippen LogP contribution in [0.3, 0.4) is 0 Å². The molecule has 1 aliphatic carbocycles. The molecule has 9 nitrogen and oxygen atoms in total. The quantitative estimate of drug-likeness (QED) is 0.266. The molecule has 3 fully saturated rings. The summed E-state index contributed by atoms with van der Waals surface area (Å²) in [5.74, 6) is 1.38. The van der Waals surface area contributed by atoms with Crippen LogP contribution in [0, 0.1) is 15.4 Å². The molecule has 3 atom stereocenters. The summed E-state index contributed by atoms with van der Waals surface area (Å²) in [5.41, 5.74) is 0.114. The van der Waals surface area contributed by atoms with Gasteiger partial charge in [0.1, 0.15) is 12.3 Å². The third-order valence-electron chi connectivity index (χ3n) is 7.28. The van der Waals surface area contributed by atoms with Gasteiger partial charge in [-0.05, 0) is 80.5 Å². The van der Waals surface area contributed by atoms with E-state index in [1.807, 2.05) is 38.6 Å². The van der Waals surface area contributed by atoms with Gasteiger partial charge in [-0.15, -0.1) is 0 Å². The highest BCUT2D eigenvalue weighted by Crippen LogP contribution is 2.36. The number of nitrogens with one attached hydrogen (secondary N) is 1. The maximum absolute atomic E-state index is 13.5. The number of hydrogen-bond donors (Lipinski definition) is 1. The van der Waals surface area contributed by atoms with Crippen LogP contribution in [0.15, 0.2) is 11.0 Å². The highest BCUT2D eigenvalue weighted by molar-refractivity contribution is 14.1. The van der Waals surface area contributed by atoms with Crippen molar-refractivity contribution in [3.05, 3.63) is 20.1 Å². The van der Waals surface area contributed by atoms with Crippen molar-refractivity contribution in [3.63, 3.8) is 0 Å². The molecule has 2 bridgehead atoms. The second-order valence-corrected chi connectivity index (χ2v) is 19.6. The zero-order valence-corrected chi connectivity index (χ0v) is 26.4. The highest BCUT2D eigenvalue weighted by atomic mass is 127. The number of amides is 1. The van der Waals surface area contributed by atoms with Gasteiger partial charge in [-0.25, -0.2) is 4.79 Å². The molecule has 1 unspecified atom stereocenters. The first kappa shape index (κ1) is 28.4. The molecule has 0 radical (unpaired) electrons. The Kier molecular flexibility index (Phi) is 8.35. The first-order valence-electron chi connectivity index (χ1n) is 13.3. The van der Waals surface area contributed by atoms with Gasteiger partial charge in [-0.2, -0.15) is 4.98 Å². The number of fused-ring (bicyclic) bond motifs is 5. The molecule has 1 N–H and O–H groups in total. The average Bonchev–Trinajstić information content (AvgIpc) is 2.89. The van der Waals surface area contributed by atoms with Gasteiger partial charge in [0.25, 0.3) is 5.56 Å². The normalized spacial score (nSPS) is 22.4. The van der Waals surface area contributed by atoms with Crippen molar-refractivity contribution in [2.45, 2.75) is 84.1 Å². The van der Waals surface area contributed by atoms with E-state index in [1.54, 1.807) is 4.57 Å². The fourth-order valence-corrected chi connectivity index (χ4v) is 6.92. The second-order valence-electron chi connectivity index (χ2n) is 12.9. The van der Waals surface area contributed by atoms with Crippen LogP contribution in [0.5, 0.6) is 0 Å². The summed E-state index contributed by atoms with van der Waals surface area (Å²) in [7, 11) is 0.633. The Hall–Kier alpha value is -1.60. The molecular formula is C26H42IN5O4Si. The molecule has 0 spiro atoms. The molecule has 2 saturated heterocycles. The number of aromatic nitrogens is 3. The van der Waals surface area contributed by atoms with Crippen LogP contribution < -0.4 is 15.8 Å². The maximum Gasteiger partial charge on any atom is 0.407 e. The smallest absolute Gasteiger partial charge is 0.407 e. The van der Waals surface area contributed by atoms with E-state index in [2.05, 4.69) is 52.4 Å². The van der Waals surface area contributed by atoms with Gasteiger partial charge in [0.2, 0.25) is 5.95 Å². The molecule has 206 valence electrons. The minimum absolute atomic E-state index is 0.0368. The SMILES string of the molecule is Cn1c(N2CC3CC[C@H](C2)[C@H](NC(=O)OC(C)(C)C)C3)nc2c(c(I)cn2COCC[Si](C)(C)C)c1=O. The van der Waals surface area contributed by atoms with Crippen molar-refractivity contribution < 1.29 is 14.3 Å². The van der Waals surface area contributed by atoms with E-state index >= 15 is 0 Å². The molecule has 5 rings (SSSR count). The van der Waals surface area contributed by atoms with Crippen LogP contribution >= 0.6 is 22.6 Å². The Morgan fingerprint density at radius 2 is 1.97 bits per heavy atom. The number of anilines is 1. The monoisotopic (exact) mass is 643 g/mol. The third kappa shape index (κ3) is 6.89. The number of rotatable bonds is 7. The molecule has 0 aromatic carbocycles. The van der Waals surface area contributed by atoms with Gasteiger partial charge in [0.15, 0.2) is 5.65 Å². The van der Waals surface area contributed by atoms with Gasteiger partial charge in [-0.1, -0.05) is 19.6 Å². The van der Waals surface area contributed by atoms with Crippen LogP contribution in [-0.4, -0.2) is 59.6 Å². The predicted molar refractivity (Wildman–Crippen MR) is 158 cm³/mol. The minimum Gasteiger partial charge on any atom is -0.444 e. The molecule has 4 heterocycles. The van der Waals surface area contributed by atoms with E-state index in [0.717, 1.165) is 42.0 Å². The van der Waals surface area contributed by atoms with Crippen LogP contribution in [0.4, 0.5) is 10.7 Å². The Bertz CT molecular complexity index is 1200. The second kappa shape index (κ2) is 10.9. The lowest BCUT2D eigenvalue weighted by molar-refractivity contribution is 0.0465. The van der Waals surface area contributed by atoms with Gasteiger partial charge < -0.3 is 24.3 Å². The molecular weight excluding hydrogens is 601 g/mol. The van der Waals surface area contributed by atoms with Gasteiger partial charge in [-0.3, -0.25) is 9.36 Å². The van der Waals surface area contributed by atoms with E-state index in [0.29, 0.717) is 36.2 Å². The van der Waals surface area contributed by atoms with E-state index < -0.39 is 13.7 Å². The number of ether oxygens (including phenoxy) is 2. The molecule has 2 aromatic heterocycles. The van der Waals surface area contributed by atoms with Gasteiger partial charge in [0.05, 0.1) is 5.39 Å². The lowest BCUT2D eigenvalue weighted by atomic mass is 9.80. The van der Waals surface area contributed by atoms with E-state index in [4.69, 9.17) is 14.5 Å². The van der Waals surface area contributed by atoms with E-state index in [-0.39, 0.29) is 23.6 Å². The van der Waals surface area contributed by atoms with Crippen molar-refractivity contribution in [3.8, 4) is 0 Å². The van der Waals surface area contributed by atoms with Gasteiger partial charge in [0, 0.05) is 50.6 Å². The largest absolute Gasteiger partial charge is 0.444 e. The van der Waals surface area contributed by atoms with Crippen molar-refractivity contribution in [2.24, 2.45) is 18.9 Å². The summed E-state index contributed by atoms with van der Waals surface area (Å²) >= 11 is 2.22. The molecule has 1 saturated carbocycles. The summed E-state index contributed by atoms with van der Waals surface area (Å²) in [6, 6.07) is 1.16. The standard InChI is InChI=1S/C26H42IN5O4Si/c1-26(2,3)36-25(34)28-20-12-17-8-9-18(20)14-31(13-17)24-29-22-21(23(33)30(24)4)19(27)15-32(22)16-35-10-11-37(5,6)7/h15,17-18,20H,8-14,16H2,1-7H3,(H,28,34)/t17?,18-,20-/m1/s1. The average molecular weight is 644 g/mol. The van der Waals surface area contributed by atoms with Crippen LogP contribution in [0.2, 0.25) is 25.7 Å². The number of carbonyl (C=O) groups excluding carboxylic acids is 1. The highest BCUT2D eigenvalue weighted by Gasteiger charge is 2.39. The molecule has 1 amide bonds. The summed E-state index contributed by atoms with van der Waals surface area (Å²) < 4.78 is 16.1. The molecule has 37 heavy (non-hydrogen) atoms. The number of alkyl carbamates (subject to hydrolysis) is 1. The molecule has 2 aromatic rings. The Labute approximate surface area is 234 Å². The van der Waals surface area contributed by atoms with Crippen molar-refractivity contribution in [1.29, 1.82) is 0 Å². The summed E-state index contributed by atoms with van der Waals surface area (Å²) in [6.45, 7) is 15.3. The van der Waals surface area contributed by atoms with E-state index in [1.165, 1.54) is 0 Å². The minimum atomic E-state index is -1.18. The van der Waals surface area contributed by atoms with E-state index in [9.17, 15) is 9.59 Å². The fourth-order valence-electron chi connectivity index (χ4n) is 5.35. The lowest BCUT2D eigenvalue weighted by Gasteiger charge is -2.33. The number of hydrogen-bond acceptors (Lipinski definition) is 6. The van der Waals surface area contributed by atoms with Crippen molar-refractivity contribution in [1.82, 2.24) is 19.4 Å². The number of carbonyl (C=O) groups is 1. The lowest BCUT2D eigenvalue weighted by Crippen LogP contribution is -2.46. The van der Waals surface area contributed by atoms with Crippen LogP contribution in [0.25, 0.3) is 11.0 Å². The third-order valence-corrected chi connectivity index (χ3v) is 9.80. The Morgan fingerprint density at radius 1 is 1.24 bits per heavy atom. The summed E-state index contributed by atoms with van der Waals surface area (Å²) in [5, 5.41) is 3.77.